The SMILES string of the molecule is Cc1cc(C)c2c(OCC(=O)Nc3ncccc3OCC3CCCCC3)nn(C)c2n1. The summed E-state index contributed by atoms with van der Waals surface area (Å²) in [6.07, 6.45) is 7.86. The maximum Gasteiger partial charge on any atom is 0.263 e. The third kappa shape index (κ3) is 4.95. The summed E-state index contributed by atoms with van der Waals surface area (Å²) in [6.45, 7) is 4.39. The number of aryl methyl sites for hydroxylation is 3. The highest BCUT2D eigenvalue weighted by atomic mass is 16.5. The first kappa shape index (κ1) is 21.1. The molecular weight excluding hydrogens is 394 g/mol. The van der Waals surface area contributed by atoms with Crippen molar-refractivity contribution in [1.82, 2.24) is 19.7 Å². The number of ether oxygens (including phenoxy) is 2. The van der Waals surface area contributed by atoms with Crippen LogP contribution in [0.25, 0.3) is 11.0 Å². The van der Waals surface area contributed by atoms with Crippen molar-refractivity contribution in [2.24, 2.45) is 13.0 Å². The van der Waals surface area contributed by atoms with Crippen LogP contribution in [0.5, 0.6) is 11.6 Å². The summed E-state index contributed by atoms with van der Waals surface area (Å²) in [7, 11) is 1.81. The standard InChI is InChI=1S/C23H29N5O3/c1-15-12-16(2)25-22-20(15)23(27-28(22)3)31-14-19(29)26-21-18(10-7-11-24-21)30-13-17-8-5-4-6-9-17/h7,10-12,17H,4-6,8-9,13-14H2,1-3H3,(H,24,26,29). The lowest BCUT2D eigenvalue weighted by Crippen LogP contribution is -2.22. The number of carbonyl (C=O) groups is 1. The van der Waals surface area contributed by atoms with Crippen LogP contribution in [-0.2, 0) is 11.8 Å². The lowest BCUT2D eigenvalue weighted by molar-refractivity contribution is -0.118. The van der Waals surface area contributed by atoms with Gasteiger partial charge in [0.1, 0.15) is 0 Å². The van der Waals surface area contributed by atoms with Crippen LogP contribution in [0.4, 0.5) is 5.82 Å². The van der Waals surface area contributed by atoms with Gasteiger partial charge in [-0.1, -0.05) is 19.3 Å². The molecule has 0 spiro atoms. The Bertz CT molecular complexity index is 1070. The molecule has 0 saturated heterocycles. The Morgan fingerprint density at radius 3 is 2.84 bits per heavy atom. The second-order valence-corrected chi connectivity index (χ2v) is 8.21. The van der Waals surface area contributed by atoms with Crippen molar-refractivity contribution in [3.8, 4) is 11.6 Å². The van der Waals surface area contributed by atoms with Gasteiger partial charge in [0.2, 0.25) is 5.88 Å². The number of aromatic nitrogens is 4. The van der Waals surface area contributed by atoms with Crippen molar-refractivity contribution in [3.63, 3.8) is 0 Å². The van der Waals surface area contributed by atoms with Gasteiger partial charge in [0, 0.05) is 18.9 Å². The molecule has 164 valence electrons. The fraction of sp³-hybridized carbons (Fsp3) is 0.478. The Balaban J connectivity index is 1.39. The zero-order valence-electron chi connectivity index (χ0n) is 18.4. The number of hydrogen-bond acceptors (Lipinski definition) is 6. The first-order valence-corrected chi connectivity index (χ1v) is 10.8. The van der Waals surface area contributed by atoms with Gasteiger partial charge in [0.05, 0.1) is 12.0 Å². The van der Waals surface area contributed by atoms with Gasteiger partial charge < -0.3 is 14.8 Å². The number of amides is 1. The topological polar surface area (TPSA) is 91.2 Å². The van der Waals surface area contributed by atoms with Gasteiger partial charge >= 0.3 is 0 Å². The zero-order chi connectivity index (χ0) is 21.8. The van der Waals surface area contributed by atoms with Gasteiger partial charge in [-0.25, -0.2) is 14.6 Å². The summed E-state index contributed by atoms with van der Waals surface area (Å²) in [5.74, 6) is 1.63. The van der Waals surface area contributed by atoms with Crippen LogP contribution < -0.4 is 14.8 Å². The summed E-state index contributed by atoms with van der Waals surface area (Å²) in [6, 6.07) is 5.61. The molecule has 0 aromatic carbocycles. The minimum atomic E-state index is -0.322. The quantitative estimate of drug-likeness (QED) is 0.619. The summed E-state index contributed by atoms with van der Waals surface area (Å²) >= 11 is 0. The normalized spacial score (nSPS) is 14.5. The fourth-order valence-electron chi connectivity index (χ4n) is 4.11. The second-order valence-electron chi connectivity index (χ2n) is 8.21. The third-order valence-electron chi connectivity index (χ3n) is 5.65. The van der Waals surface area contributed by atoms with Crippen molar-refractivity contribution in [1.29, 1.82) is 0 Å². The second kappa shape index (κ2) is 9.32. The molecule has 8 heteroatoms. The van der Waals surface area contributed by atoms with Crippen LogP contribution in [0.15, 0.2) is 24.4 Å². The van der Waals surface area contributed by atoms with Crippen LogP contribution in [0.1, 0.15) is 43.4 Å². The van der Waals surface area contributed by atoms with E-state index in [0.29, 0.717) is 30.0 Å². The molecule has 3 aromatic heterocycles. The molecule has 1 aliphatic carbocycles. The first-order valence-electron chi connectivity index (χ1n) is 10.8. The highest BCUT2D eigenvalue weighted by Crippen LogP contribution is 2.28. The van der Waals surface area contributed by atoms with Crippen molar-refractivity contribution in [3.05, 3.63) is 35.7 Å². The first-order chi connectivity index (χ1) is 15.0. The minimum Gasteiger partial charge on any atom is -0.489 e. The fourth-order valence-corrected chi connectivity index (χ4v) is 4.11. The Morgan fingerprint density at radius 1 is 1.23 bits per heavy atom. The van der Waals surface area contributed by atoms with E-state index in [4.69, 9.17) is 9.47 Å². The average molecular weight is 424 g/mol. The molecule has 1 amide bonds. The molecule has 4 rings (SSSR count). The van der Waals surface area contributed by atoms with Crippen LogP contribution in [0, 0.1) is 19.8 Å². The Hall–Kier alpha value is -3.16. The number of nitrogens with one attached hydrogen (secondary N) is 1. The highest BCUT2D eigenvalue weighted by Gasteiger charge is 2.18. The van der Waals surface area contributed by atoms with E-state index in [9.17, 15) is 4.79 Å². The number of rotatable bonds is 7. The van der Waals surface area contributed by atoms with E-state index >= 15 is 0 Å². The van der Waals surface area contributed by atoms with E-state index in [-0.39, 0.29) is 12.5 Å². The van der Waals surface area contributed by atoms with Crippen LogP contribution in [-0.4, -0.2) is 38.9 Å². The molecule has 0 aliphatic heterocycles. The van der Waals surface area contributed by atoms with E-state index in [1.54, 1.807) is 16.9 Å². The summed E-state index contributed by atoms with van der Waals surface area (Å²) in [5, 5.41) is 7.99. The van der Waals surface area contributed by atoms with Gasteiger partial charge in [-0.15, -0.1) is 5.10 Å². The molecule has 3 aromatic rings. The van der Waals surface area contributed by atoms with E-state index < -0.39 is 0 Å². The third-order valence-corrected chi connectivity index (χ3v) is 5.65. The number of carbonyl (C=O) groups excluding carboxylic acids is 1. The predicted octanol–water partition coefficient (Wildman–Crippen LogP) is 3.96. The van der Waals surface area contributed by atoms with Crippen LogP contribution in [0.2, 0.25) is 0 Å². The summed E-state index contributed by atoms with van der Waals surface area (Å²) in [5.41, 5.74) is 2.65. The predicted molar refractivity (Wildman–Crippen MR) is 118 cm³/mol. The zero-order valence-corrected chi connectivity index (χ0v) is 18.4. The molecule has 1 N–H and O–H groups in total. The molecule has 8 nitrogen and oxygen atoms in total. The number of pyridine rings is 2. The van der Waals surface area contributed by atoms with Crippen molar-refractivity contribution in [2.75, 3.05) is 18.5 Å². The Labute approximate surface area is 182 Å². The molecule has 31 heavy (non-hydrogen) atoms. The van der Waals surface area contributed by atoms with Crippen LogP contribution in [0.3, 0.4) is 0 Å². The largest absolute Gasteiger partial charge is 0.489 e. The molecule has 0 radical (unpaired) electrons. The monoisotopic (exact) mass is 423 g/mol. The maximum atomic E-state index is 12.5. The number of nitrogens with zero attached hydrogens (tertiary/aromatic N) is 4. The molecule has 0 atom stereocenters. The van der Waals surface area contributed by atoms with Crippen molar-refractivity contribution >= 4 is 22.8 Å². The molecule has 1 saturated carbocycles. The lowest BCUT2D eigenvalue weighted by atomic mass is 9.90. The van der Waals surface area contributed by atoms with E-state index in [0.717, 1.165) is 22.3 Å². The highest BCUT2D eigenvalue weighted by molar-refractivity contribution is 5.92. The Morgan fingerprint density at radius 2 is 2.03 bits per heavy atom. The molecule has 0 unspecified atom stereocenters. The van der Waals surface area contributed by atoms with Crippen LogP contribution >= 0.6 is 0 Å². The number of anilines is 1. The smallest absolute Gasteiger partial charge is 0.263 e. The molecular formula is C23H29N5O3. The van der Waals surface area contributed by atoms with Crippen molar-refractivity contribution in [2.45, 2.75) is 46.0 Å². The van der Waals surface area contributed by atoms with E-state index in [1.165, 1.54) is 32.1 Å². The van der Waals surface area contributed by atoms with E-state index in [1.807, 2.05) is 33.0 Å². The van der Waals surface area contributed by atoms with Gasteiger partial charge in [0.15, 0.2) is 23.8 Å². The average Bonchev–Trinajstić information content (AvgIpc) is 3.08. The van der Waals surface area contributed by atoms with Gasteiger partial charge in [0.25, 0.3) is 5.91 Å². The Kier molecular flexibility index (Phi) is 6.34. The summed E-state index contributed by atoms with van der Waals surface area (Å²) < 4.78 is 13.4. The molecule has 3 heterocycles. The van der Waals surface area contributed by atoms with E-state index in [2.05, 4.69) is 20.4 Å². The molecule has 1 aliphatic rings. The minimum absolute atomic E-state index is 0.182. The van der Waals surface area contributed by atoms with Gasteiger partial charge in [-0.2, -0.15) is 0 Å². The maximum absolute atomic E-state index is 12.5. The van der Waals surface area contributed by atoms with Gasteiger partial charge in [-0.05, 0) is 56.4 Å². The molecule has 0 bridgehead atoms. The number of fused-ring (bicyclic) bond motifs is 1. The molecule has 1 fully saturated rings. The van der Waals surface area contributed by atoms with Gasteiger partial charge in [-0.3, -0.25) is 4.79 Å². The number of hydrogen-bond donors (Lipinski definition) is 1. The summed E-state index contributed by atoms with van der Waals surface area (Å²) in [4.78, 5) is 21.3. The van der Waals surface area contributed by atoms with Crippen molar-refractivity contribution < 1.29 is 14.3 Å². The lowest BCUT2D eigenvalue weighted by Gasteiger charge is -2.22.